The highest BCUT2D eigenvalue weighted by molar-refractivity contribution is 6.13. The molecule has 0 bridgehead atoms. The molecule has 254 valence electrons. The van der Waals surface area contributed by atoms with Crippen LogP contribution in [0.25, 0.3) is 66.2 Å². The van der Waals surface area contributed by atoms with Crippen molar-refractivity contribution in [3.63, 3.8) is 0 Å². The van der Waals surface area contributed by atoms with E-state index in [0.29, 0.717) is 0 Å². The number of nitrogens with zero attached hydrogens (tertiary/aromatic N) is 2. The highest BCUT2D eigenvalue weighted by atomic mass is 15.1. The molecule has 0 amide bonds. The number of hydrogen-bond acceptors (Lipinski definition) is 2. The first-order valence-corrected chi connectivity index (χ1v) is 18.4. The van der Waals surface area contributed by atoms with Crippen molar-refractivity contribution < 1.29 is 0 Å². The summed E-state index contributed by atoms with van der Waals surface area (Å²) in [6.07, 6.45) is 1.89. The van der Waals surface area contributed by atoms with E-state index < -0.39 is 0 Å². The van der Waals surface area contributed by atoms with Crippen LogP contribution in [0.2, 0.25) is 0 Å². The second-order valence-corrected chi connectivity index (χ2v) is 12.8. The predicted octanol–water partition coefficient (Wildman–Crippen LogP) is 14.6. The molecule has 0 atom stereocenters. The lowest BCUT2D eigenvalue weighted by molar-refractivity contribution is 1.30. The minimum Gasteiger partial charge on any atom is -0.310 e. The molecule has 0 unspecified atom stereocenters. The number of fused-ring (bicyclic) bond motifs is 3. The Morgan fingerprint density at radius 2 is 0.755 bits per heavy atom. The van der Waals surface area contributed by atoms with Crippen molar-refractivity contribution in [3.05, 3.63) is 206 Å². The fraction of sp³-hybridized carbons (Fsp3) is 0.0392. The molecular weight excluding hydrogens is 641 g/mol. The average molecular weight is 681 g/mol. The molecule has 2 heteroatoms. The molecular formula is C51H40N2. The van der Waals surface area contributed by atoms with Gasteiger partial charge < -0.3 is 4.90 Å². The SMILES string of the molecule is CC.c1ccc(-c2ccc(N(c3ccc(-c4cc(-c5ccccc5)cc(-c5ccccc5)c4)cc3)c3cccc4ccc5cccnc5c34)cc2)cc1. The van der Waals surface area contributed by atoms with E-state index in [1.54, 1.807) is 0 Å². The van der Waals surface area contributed by atoms with Crippen molar-refractivity contribution in [2.45, 2.75) is 13.8 Å². The summed E-state index contributed by atoms with van der Waals surface area (Å²) in [6.45, 7) is 4.00. The Morgan fingerprint density at radius 3 is 1.26 bits per heavy atom. The van der Waals surface area contributed by atoms with E-state index in [1.165, 1.54) is 38.9 Å². The standard InChI is InChI=1S/C49H34N2.C2H6/c1-4-12-35(13-5-1)38-23-27-45(28-24-38)51(47-20-10-18-40-21-22-41-19-11-31-50-49(41)48(40)47)46-29-25-39(26-30-46)44-33-42(36-14-6-2-7-15-36)32-43(34-44)37-16-8-3-9-17-37;1-2/h1-34H;1-2H3. The van der Waals surface area contributed by atoms with Crippen molar-refractivity contribution in [1.29, 1.82) is 0 Å². The molecule has 53 heavy (non-hydrogen) atoms. The van der Waals surface area contributed by atoms with E-state index in [2.05, 4.69) is 199 Å². The summed E-state index contributed by atoms with van der Waals surface area (Å²) in [5, 5.41) is 3.42. The van der Waals surface area contributed by atoms with Crippen molar-refractivity contribution in [1.82, 2.24) is 4.98 Å². The molecule has 0 saturated heterocycles. The number of aromatic nitrogens is 1. The molecule has 0 aliphatic rings. The zero-order valence-electron chi connectivity index (χ0n) is 30.0. The van der Waals surface area contributed by atoms with E-state index in [-0.39, 0.29) is 0 Å². The maximum atomic E-state index is 4.89. The Kier molecular flexibility index (Phi) is 9.59. The van der Waals surface area contributed by atoms with Crippen LogP contribution in [0.1, 0.15) is 13.8 Å². The Hall–Kier alpha value is -6.77. The van der Waals surface area contributed by atoms with Gasteiger partial charge in [0.15, 0.2) is 0 Å². The molecule has 0 aliphatic heterocycles. The highest BCUT2D eigenvalue weighted by Crippen LogP contribution is 2.42. The predicted molar refractivity (Wildman–Crippen MR) is 227 cm³/mol. The number of hydrogen-bond donors (Lipinski definition) is 0. The van der Waals surface area contributed by atoms with Crippen molar-refractivity contribution >= 4 is 38.7 Å². The second-order valence-electron chi connectivity index (χ2n) is 12.8. The second kappa shape index (κ2) is 15.2. The lowest BCUT2D eigenvalue weighted by atomic mass is 9.93. The molecule has 0 saturated carbocycles. The summed E-state index contributed by atoms with van der Waals surface area (Å²) in [4.78, 5) is 7.25. The zero-order chi connectivity index (χ0) is 36.0. The maximum absolute atomic E-state index is 4.89. The van der Waals surface area contributed by atoms with E-state index >= 15 is 0 Å². The van der Waals surface area contributed by atoms with E-state index in [9.17, 15) is 0 Å². The van der Waals surface area contributed by atoms with Gasteiger partial charge in [-0.15, -0.1) is 0 Å². The molecule has 9 aromatic rings. The van der Waals surface area contributed by atoms with Crippen LogP contribution in [-0.2, 0) is 0 Å². The third kappa shape index (κ3) is 6.83. The molecule has 1 heterocycles. The molecule has 0 spiro atoms. The van der Waals surface area contributed by atoms with Gasteiger partial charge >= 0.3 is 0 Å². The van der Waals surface area contributed by atoms with Crippen molar-refractivity contribution in [3.8, 4) is 44.5 Å². The zero-order valence-corrected chi connectivity index (χ0v) is 30.0. The van der Waals surface area contributed by atoms with E-state index in [1.807, 2.05) is 26.1 Å². The monoisotopic (exact) mass is 680 g/mol. The number of benzene rings is 8. The molecule has 0 N–H and O–H groups in total. The lowest BCUT2D eigenvalue weighted by Gasteiger charge is -2.27. The van der Waals surface area contributed by atoms with Gasteiger partial charge in [-0.2, -0.15) is 0 Å². The van der Waals surface area contributed by atoms with Gasteiger partial charge in [-0.05, 0) is 104 Å². The smallest absolute Gasteiger partial charge is 0.0801 e. The van der Waals surface area contributed by atoms with Gasteiger partial charge in [-0.25, -0.2) is 0 Å². The quantitative estimate of drug-likeness (QED) is 0.156. The molecule has 0 aliphatic carbocycles. The van der Waals surface area contributed by atoms with Crippen LogP contribution in [0.4, 0.5) is 17.1 Å². The van der Waals surface area contributed by atoms with Crippen molar-refractivity contribution in [2.75, 3.05) is 4.90 Å². The Morgan fingerprint density at radius 1 is 0.340 bits per heavy atom. The third-order valence-corrected chi connectivity index (χ3v) is 9.67. The summed E-state index contributed by atoms with van der Waals surface area (Å²) in [7, 11) is 0. The van der Waals surface area contributed by atoms with Gasteiger partial charge in [0, 0.05) is 28.3 Å². The first-order valence-electron chi connectivity index (χ1n) is 18.4. The fourth-order valence-corrected chi connectivity index (χ4v) is 7.13. The largest absolute Gasteiger partial charge is 0.310 e. The van der Waals surface area contributed by atoms with Gasteiger partial charge in [0.2, 0.25) is 0 Å². The van der Waals surface area contributed by atoms with Crippen LogP contribution in [0.5, 0.6) is 0 Å². The van der Waals surface area contributed by atoms with Crippen molar-refractivity contribution in [2.24, 2.45) is 0 Å². The van der Waals surface area contributed by atoms with Crippen LogP contribution in [0.3, 0.4) is 0 Å². The summed E-state index contributed by atoms with van der Waals surface area (Å²) in [5.41, 5.74) is 13.8. The molecule has 0 radical (unpaired) electrons. The summed E-state index contributed by atoms with van der Waals surface area (Å²) in [5.74, 6) is 0. The molecule has 2 nitrogen and oxygen atoms in total. The molecule has 8 aromatic carbocycles. The third-order valence-electron chi connectivity index (χ3n) is 9.67. The van der Waals surface area contributed by atoms with Gasteiger partial charge in [-0.1, -0.05) is 159 Å². The molecule has 0 fully saturated rings. The molecule has 9 rings (SSSR count). The van der Waals surface area contributed by atoms with Crippen LogP contribution < -0.4 is 4.90 Å². The summed E-state index contributed by atoms with van der Waals surface area (Å²) < 4.78 is 0. The first-order chi connectivity index (χ1) is 26.3. The Balaban J connectivity index is 0.00000197. The van der Waals surface area contributed by atoms with E-state index in [0.717, 1.165) is 44.3 Å². The van der Waals surface area contributed by atoms with Crippen LogP contribution >= 0.6 is 0 Å². The molecule has 1 aromatic heterocycles. The minimum atomic E-state index is 0.999. The Labute approximate surface area is 312 Å². The van der Waals surface area contributed by atoms with Gasteiger partial charge in [0.25, 0.3) is 0 Å². The highest BCUT2D eigenvalue weighted by Gasteiger charge is 2.18. The van der Waals surface area contributed by atoms with Gasteiger partial charge in [0.1, 0.15) is 0 Å². The number of rotatable bonds is 7. The normalized spacial score (nSPS) is 10.8. The van der Waals surface area contributed by atoms with Crippen LogP contribution in [0, 0.1) is 0 Å². The first kappa shape index (κ1) is 33.4. The lowest BCUT2D eigenvalue weighted by Crippen LogP contribution is -2.10. The average Bonchev–Trinajstić information content (AvgIpc) is 3.25. The Bertz CT molecular complexity index is 2540. The topological polar surface area (TPSA) is 16.1 Å². The fourth-order valence-electron chi connectivity index (χ4n) is 7.13. The minimum absolute atomic E-state index is 0.999. The summed E-state index contributed by atoms with van der Waals surface area (Å²) in [6, 6.07) is 71.6. The van der Waals surface area contributed by atoms with E-state index in [4.69, 9.17) is 4.98 Å². The number of anilines is 3. The summed E-state index contributed by atoms with van der Waals surface area (Å²) >= 11 is 0. The number of pyridine rings is 1. The van der Waals surface area contributed by atoms with Crippen LogP contribution in [-0.4, -0.2) is 4.98 Å². The van der Waals surface area contributed by atoms with Gasteiger partial charge in [0.05, 0.1) is 11.2 Å². The maximum Gasteiger partial charge on any atom is 0.0801 e. The van der Waals surface area contributed by atoms with Crippen LogP contribution in [0.15, 0.2) is 206 Å². The van der Waals surface area contributed by atoms with Gasteiger partial charge in [-0.3, -0.25) is 4.98 Å².